The number of halogens is 3. The van der Waals surface area contributed by atoms with Gasteiger partial charge in [-0.1, -0.05) is 6.07 Å². The summed E-state index contributed by atoms with van der Waals surface area (Å²) in [6, 6.07) is 10.8. The predicted octanol–water partition coefficient (Wildman–Crippen LogP) is 4.30. The molecular weight excluding hydrogens is 259 g/mol. The standard InChI is InChI=1S/C13H10F3NO2/c14-13(15,16)9-4-6-11(7-5-9)19-12-3-1-2-10(8-12)17-18/h1-8,17-18H. The first-order chi connectivity index (χ1) is 8.99. The van der Waals surface area contributed by atoms with Crippen molar-refractivity contribution >= 4 is 5.69 Å². The van der Waals surface area contributed by atoms with Gasteiger partial charge in [0.05, 0.1) is 11.3 Å². The van der Waals surface area contributed by atoms with Crippen molar-refractivity contribution in [2.24, 2.45) is 0 Å². The molecule has 0 unspecified atom stereocenters. The van der Waals surface area contributed by atoms with Gasteiger partial charge in [-0.3, -0.25) is 10.7 Å². The lowest BCUT2D eigenvalue weighted by Gasteiger charge is -2.09. The summed E-state index contributed by atoms with van der Waals surface area (Å²) in [4.78, 5) is 0. The van der Waals surface area contributed by atoms with E-state index < -0.39 is 11.7 Å². The van der Waals surface area contributed by atoms with E-state index in [0.29, 0.717) is 11.4 Å². The Bertz CT molecular complexity index is 553. The fourth-order valence-corrected chi connectivity index (χ4v) is 1.48. The minimum Gasteiger partial charge on any atom is -0.457 e. The smallest absolute Gasteiger partial charge is 0.416 e. The van der Waals surface area contributed by atoms with Gasteiger partial charge in [-0.25, -0.2) is 0 Å². The van der Waals surface area contributed by atoms with Gasteiger partial charge in [0.25, 0.3) is 0 Å². The van der Waals surface area contributed by atoms with E-state index in [1.807, 2.05) is 5.48 Å². The molecule has 0 aliphatic rings. The zero-order chi connectivity index (χ0) is 13.9. The maximum atomic E-state index is 12.4. The van der Waals surface area contributed by atoms with Crippen LogP contribution in [-0.4, -0.2) is 5.21 Å². The van der Waals surface area contributed by atoms with Crippen molar-refractivity contribution in [1.82, 2.24) is 0 Å². The largest absolute Gasteiger partial charge is 0.457 e. The predicted molar refractivity (Wildman–Crippen MR) is 63.4 cm³/mol. The highest BCUT2D eigenvalue weighted by Crippen LogP contribution is 2.31. The van der Waals surface area contributed by atoms with Crippen molar-refractivity contribution in [3.05, 3.63) is 54.1 Å². The highest BCUT2D eigenvalue weighted by Gasteiger charge is 2.30. The van der Waals surface area contributed by atoms with Crippen LogP contribution in [0.1, 0.15) is 5.56 Å². The SMILES string of the molecule is ONc1cccc(Oc2ccc(C(F)(F)F)cc2)c1. The van der Waals surface area contributed by atoms with E-state index in [9.17, 15) is 13.2 Å². The van der Waals surface area contributed by atoms with Crippen molar-refractivity contribution in [2.75, 3.05) is 5.48 Å². The topological polar surface area (TPSA) is 41.5 Å². The fourth-order valence-electron chi connectivity index (χ4n) is 1.48. The third kappa shape index (κ3) is 3.38. The number of hydrogen-bond donors (Lipinski definition) is 2. The summed E-state index contributed by atoms with van der Waals surface area (Å²) in [5.41, 5.74) is 1.64. The molecule has 0 aromatic heterocycles. The second kappa shape index (κ2) is 5.19. The van der Waals surface area contributed by atoms with E-state index in [1.54, 1.807) is 18.2 Å². The molecule has 0 atom stereocenters. The number of alkyl halides is 3. The van der Waals surface area contributed by atoms with Crippen LogP contribution in [0.15, 0.2) is 48.5 Å². The highest BCUT2D eigenvalue weighted by atomic mass is 19.4. The van der Waals surface area contributed by atoms with E-state index >= 15 is 0 Å². The van der Waals surface area contributed by atoms with Gasteiger partial charge in [-0.2, -0.15) is 13.2 Å². The Hall–Kier alpha value is -2.21. The molecule has 0 bridgehead atoms. The summed E-state index contributed by atoms with van der Waals surface area (Å²) in [5.74, 6) is 0.682. The van der Waals surface area contributed by atoms with Gasteiger partial charge in [0, 0.05) is 6.07 Å². The van der Waals surface area contributed by atoms with Gasteiger partial charge < -0.3 is 4.74 Å². The Morgan fingerprint density at radius 2 is 1.63 bits per heavy atom. The number of benzene rings is 2. The zero-order valence-corrected chi connectivity index (χ0v) is 9.61. The molecule has 100 valence electrons. The van der Waals surface area contributed by atoms with Crippen LogP contribution in [0.25, 0.3) is 0 Å². The minimum atomic E-state index is -4.36. The zero-order valence-electron chi connectivity index (χ0n) is 9.61. The van der Waals surface area contributed by atoms with Crippen molar-refractivity contribution in [3.8, 4) is 11.5 Å². The molecule has 3 nitrogen and oxygen atoms in total. The highest BCUT2D eigenvalue weighted by molar-refractivity contribution is 5.47. The average molecular weight is 269 g/mol. The number of ether oxygens (including phenoxy) is 1. The lowest BCUT2D eigenvalue weighted by Crippen LogP contribution is -2.03. The van der Waals surface area contributed by atoms with Gasteiger partial charge in [-0.15, -0.1) is 0 Å². The second-order valence-electron chi connectivity index (χ2n) is 3.76. The lowest BCUT2D eigenvalue weighted by molar-refractivity contribution is -0.137. The fraction of sp³-hybridized carbons (Fsp3) is 0.0769. The minimum absolute atomic E-state index is 0.281. The molecule has 0 fully saturated rings. The first-order valence-corrected chi connectivity index (χ1v) is 5.34. The molecule has 2 aromatic rings. The quantitative estimate of drug-likeness (QED) is 0.816. The molecule has 2 rings (SSSR count). The molecule has 0 amide bonds. The van der Waals surface area contributed by atoms with E-state index in [4.69, 9.17) is 9.94 Å². The maximum Gasteiger partial charge on any atom is 0.416 e. The van der Waals surface area contributed by atoms with Crippen molar-refractivity contribution in [3.63, 3.8) is 0 Å². The van der Waals surface area contributed by atoms with E-state index in [0.717, 1.165) is 12.1 Å². The number of rotatable bonds is 3. The van der Waals surface area contributed by atoms with Crippen LogP contribution in [0.3, 0.4) is 0 Å². The lowest BCUT2D eigenvalue weighted by atomic mass is 10.2. The van der Waals surface area contributed by atoms with Crippen molar-refractivity contribution < 1.29 is 23.1 Å². The third-order valence-corrected chi connectivity index (χ3v) is 2.38. The molecule has 2 N–H and O–H groups in total. The van der Waals surface area contributed by atoms with Crippen LogP contribution in [-0.2, 0) is 6.18 Å². The number of nitrogens with one attached hydrogen (secondary N) is 1. The third-order valence-electron chi connectivity index (χ3n) is 2.38. The molecular formula is C13H10F3NO2. The normalized spacial score (nSPS) is 11.2. The Balaban J connectivity index is 2.15. The van der Waals surface area contributed by atoms with Gasteiger partial charge in [0.2, 0.25) is 0 Å². The number of hydrogen-bond acceptors (Lipinski definition) is 3. The first kappa shape index (κ1) is 13.2. The molecule has 6 heteroatoms. The van der Waals surface area contributed by atoms with E-state index in [2.05, 4.69) is 0 Å². The van der Waals surface area contributed by atoms with Gasteiger partial charge in [0.1, 0.15) is 11.5 Å². The van der Waals surface area contributed by atoms with Crippen molar-refractivity contribution in [1.29, 1.82) is 0 Å². The molecule has 0 radical (unpaired) electrons. The molecule has 0 spiro atoms. The Kier molecular flexibility index (Phi) is 3.62. The van der Waals surface area contributed by atoms with Crippen LogP contribution in [0.5, 0.6) is 11.5 Å². The van der Waals surface area contributed by atoms with Crippen LogP contribution < -0.4 is 10.2 Å². The molecule has 19 heavy (non-hydrogen) atoms. The van der Waals surface area contributed by atoms with Gasteiger partial charge >= 0.3 is 6.18 Å². The maximum absolute atomic E-state index is 12.4. The first-order valence-electron chi connectivity index (χ1n) is 5.34. The summed E-state index contributed by atoms with van der Waals surface area (Å²) >= 11 is 0. The summed E-state index contributed by atoms with van der Waals surface area (Å²) in [5, 5.41) is 8.72. The molecule has 2 aromatic carbocycles. The van der Waals surface area contributed by atoms with Crippen LogP contribution in [0.2, 0.25) is 0 Å². The summed E-state index contributed by atoms with van der Waals surface area (Å²) in [7, 11) is 0. The van der Waals surface area contributed by atoms with E-state index in [1.165, 1.54) is 18.2 Å². The average Bonchev–Trinajstić information content (AvgIpc) is 2.38. The van der Waals surface area contributed by atoms with Crippen LogP contribution in [0.4, 0.5) is 18.9 Å². The Morgan fingerprint density at radius 1 is 0.947 bits per heavy atom. The molecule has 0 heterocycles. The molecule has 0 aliphatic carbocycles. The van der Waals surface area contributed by atoms with Gasteiger partial charge in [-0.05, 0) is 36.4 Å². The molecule has 0 saturated heterocycles. The monoisotopic (exact) mass is 269 g/mol. The van der Waals surface area contributed by atoms with Crippen LogP contribution >= 0.6 is 0 Å². The second-order valence-corrected chi connectivity index (χ2v) is 3.76. The summed E-state index contributed by atoms with van der Waals surface area (Å²) in [6.07, 6.45) is -4.36. The molecule has 0 aliphatic heterocycles. The van der Waals surface area contributed by atoms with Gasteiger partial charge in [0.15, 0.2) is 0 Å². The summed E-state index contributed by atoms with van der Waals surface area (Å²) < 4.78 is 42.5. The Morgan fingerprint density at radius 3 is 2.21 bits per heavy atom. The Labute approximate surface area is 107 Å². The van der Waals surface area contributed by atoms with Crippen LogP contribution in [0, 0.1) is 0 Å². The molecule has 0 saturated carbocycles. The number of anilines is 1. The van der Waals surface area contributed by atoms with E-state index in [-0.39, 0.29) is 5.75 Å². The summed E-state index contributed by atoms with van der Waals surface area (Å²) in [6.45, 7) is 0. The van der Waals surface area contributed by atoms with Crippen molar-refractivity contribution in [2.45, 2.75) is 6.18 Å².